The number of hydrogen-bond acceptors (Lipinski definition) is 3. The van der Waals surface area contributed by atoms with E-state index in [0.29, 0.717) is 0 Å². The number of amidine groups is 1. The van der Waals surface area contributed by atoms with Crippen molar-refractivity contribution in [1.29, 1.82) is 5.41 Å². The van der Waals surface area contributed by atoms with Gasteiger partial charge in [0.15, 0.2) is 0 Å². The zero-order chi connectivity index (χ0) is 14.0. The quantitative estimate of drug-likeness (QED) is 0.659. The Morgan fingerprint density at radius 2 is 2.16 bits per heavy atom. The molecule has 0 fully saturated rings. The van der Waals surface area contributed by atoms with Crippen LogP contribution in [0.15, 0.2) is 34.1 Å². The van der Waals surface area contributed by atoms with Gasteiger partial charge in [0.05, 0.1) is 6.54 Å². The number of nitrogens with two attached hydrogens (primary N) is 1. The molecule has 0 radical (unpaired) electrons. The van der Waals surface area contributed by atoms with Crippen molar-refractivity contribution in [3.63, 3.8) is 0 Å². The van der Waals surface area contributed by atoms with Crippen LogP contribution in [0.5, 0.6) is 0 Å². The van der Waals surface area contributed by atoms with E-state index >= 15 is 0 Å². The molecule has 0 amide bonds. The van der Waals surface area contributed by atoms with Crippen molar-refractivity contribution in [3.05, 3.63) is 50.1 Å². The summed E-state index contributed by atoms with van der Waals surface area (Å²) in [7, 11) is 2.07. The van der Waals surface area contributed by atoms with Crippen LogP contribution in [0.1, 0.15) is 16.0 Å². The highest BCUT2D eigenvalue weighted by Crippen LogP contribution is 2.24. The fraction of sp³-hybridized carbons (Fsp3) is 0.214. The Bertz CT molecular complexity index is 606. The first kappa shape index (κ1) is 14.1. The summed E-state index contributed by atoms with van der Waals surface area (Å²) in [5, 5.41) is 9.59. The first-order valence-electron chi connectivity index (χ1n) is 5.86. The number of nitrogen functional groups attached to an aromatic ring is 1. The molecule has 19 heavy (non-hydrogen) atoms. The number of rotatable bonds is 4. The summed E-state index contributed by atoms with van der Waals surface area (Å²) < 4.78 is 1.13. The summed E-state index contributed by atoms with van der Waals surface area (Å²) >= 11 is 5.21. The summed E-state index contributed by atoms with van der Waals surface area (Å²) in [5.74, 6) is 0.119. The van der Waals surface area contributed by atoms with E-state index in [-0.39, 0.29) is 5.84 Å². The van der Waals surface area contributed by atoms with Crippen LogP contribution in [0.25, 0.3) is 0 Å². The second kappa shape index (κ2) is 5.75. The lowest BCUT2D eigenvalue weighted by Gasteiger charge is -2.19. The van der Waals surface area contributed by atoms with E-state index in [9.17, 15) is 0 Å². The van der Waals surface area contributed by atoms with Crippen molar-refractivity contribution in [2.75, 3.05) is 11.9 Å². The van der Waals surface area contributed by atoms with Gasteiger partial charge < -0.3 is 10.6 Å². The lowest BCUT2D eigenvalue weighted by atomic mass is 10.1. The van der Waals surface area contributed by atoms with Crippen LogP contribution in [0.3, 0.4) is 0 Å². The Morgan fingerprint density at radius 3 is 2.68 bits per heavy atom. The summed E-state index contributed by atoms with van der Waals surface area (Å²) in [6, 6.07) is 8.12. The lowest BCUT2D eigenvalue weighted by molar-refractivity contribution is 0.938. The maximum atomic E-state index is 7.50. The van der Waals surface area contributed by atoms with Gasteiger partial charge in [-0.1, -0.05) is 0 Å². The number of nitrogens with zero attached hydrogens (tertiary/aromatic N) is 1. The molecule has 0 saturated heterocycles. The van der Waals surface area contributed by atoms with Crippen LogP contribution in [-0.2, 0) is 6.54 Å². The van der Waals surface area contributed by atoms with E-state index < -0.39 is 0 Å². The molecule has 3 N–H and O–H groups in total. The first-order valence-corrected chi connectivity index (χ1v) is 7.53. The summed E-state index contributed by atoms with van der Waals surface area (Å²) in [6.45, 7) is 2.85. The monoisotopic (exact) mass is 337 g/mol. The van der Waals surface area contributed by atoms with Gasteiger partial charge in [0.1, 0.15) is 5.84 Å². The maximum Gasteiger partial charge on any atom is 0.123 e. The van der Waals surface area contributed by atoms with Crippen LogP contribution in [0.2, 0.25) is 0 Å². The van der Waals surface area contributed by atoms with Crippen LogP contribution in [0.4, 0.5) is 5.69 Å². The molecule has 0 bridgehead atoms. The molecule has 0 aliphatic rings. The molecule has 100 valence electrons. The summed E-state index contributed by atoms with van der Waals surface area (Å²) in [6.07, 6.45) is 0. The Kier molecular flexibility index (Phi) is 4.27. The van der Waals surface area contributed by atoms with Gasteiger partial charge in [0.25, 0.3) is 0 Å². The third kappa shape index (κ3) is 3.36. The van der Waals surface area contributed by atoms with Gasteiger partial charge in [-0.3, -0.25) is 5.41 Å². The molecular weight excluding hydrogens is 322 g/mol. The van der Waals surface area contributed by atoms with Gasteiger partial charge in [-0.2, -0.15) is 0 Å². The number of halogens is 1. The van der Waals surface area contributed by atoms with E-state index in [4.69, 9.17) is 11.1 Å². The van der Waals surface area contributed by atoms with Crippen LogP contribution in [-0.4, -0.2) is 12.9 Å². The van der Waals surface area contributed by atoms with Crippen LogP contribution >= 0.6 is 27.3 Å². The Labute approximate surface area is 125 Å². The molecule has 0 unspecified atom stereocenters. The molecule has 0 saturated carbocycles. The highest BCUT2D eigenvalue weighted by Gasteiger charge is 2.07. The molecule has 1 aromatic heterocycles. The average Bonchev–Trinajstić information content (AvgIpc) is 2.74. The second-order valence-electron chi connectivity index (χ2n) is 4.50. The molecule has 2 aromatic rings. The number of nitrogens with one attached hydrogen (secondary N) is 1. The average molecular weight is 338 g/mol. The maximum absolute atomic E-state index is 7.50. The lowest BCUT2D eigenvalue weighted by Crippen LogP contribution is -2.17. The van der Waals surface area contributed by atoms with Crippen LogP contribution < -0.4 is 10.6 Å². The van der Waals surface area contributed by atoms with Gasteiger partial charge in [-0.25, -0.2) is 0 Å². The third-order valence-electron chi connectivity index (χ3n) is 2.96. The molecule has 0 aliphatic heterocycles. The van der Waals surface area contributed by atoms with Crippen LogP contribution in [0, 0.1) is 12.3 Å². The number of anilines is 1. The van der Waals surface area contributed by atoms with E-state index in [1.165, 1.54) is 4.88 Å². The van der Waals surface area contributed by atoms with Gasteiger partial charge >= 0.3 is 0 Å². The van der Waals surface area contributed by atoms with Crippen molar-refractivity contribution < 1.29 is 0 Å². The zero-order valence-electron chi connectivity index (χ0n) is 10.9. The normalized spacial score (nSPS) is 10.5. The highest BCUT2D eigenvalue weighted by atomic mass is 79.9. The Hall–Kier alpha value is -1.33. The van der Waals surface area contributed by atoms with Crippen molar-refractivity contribution in [2.45, 2.75) is 13.5 Å². The second-order valence-corrected chi connectivity index (χ2v) is 6.41. The van der Waals surface area contributed by atoms with Crippen molar-refractivity contribution in [1.82, 2.24) is 0 Å². The fourth-order valence-corrected chi connectivity index (χ4v) is 3.45. The molecule has 0 aliphatic carbocycles. The zero-order valence-corrected chi connectivity index (χ0v) is 13.3. The minimum absolute atomic E-state index is 0.119. The number of thiophene rings is 1. The van der Waals surface area contributed by atoms with Gasteiger partial charge in [0, 0.05) is 33.0 Å². The number of hydrogen-bond donors (Lipinski definition) is 2. The van der Waals surface area contributed by atoms with E-state index in [1.807, 2.05) is 19.1 Å². The number of benzene rings is 1. The van der Waals surface area contributed by atoms with Gasteiger partial charge in [0.2, 0.25) is 0 Å². The smallest absolute Gasteiger partial charge is 0.123 e. The van der Waals surface area contributed by atoms with Crippen molar-refractivity contribution >= 4 is 38.8 Å². The predicted molar refractivity (Wildman–Crippen MR) is 86.3 cm³/mol. The topological polar surface area (TPSA) is 53.1 Å². The molecule has 1 heterocycles. The molecule has 1 aromatic carbocycles. The largest absolute Gasteiger partial charge is 0.384 e. The van der Waals surface area contributed by atoms with E-state index in [2.05, 4.69) is 45.4 Å². The molecule has 0 spiro atoms. The van der Waals surface area contributed by atoms with E-state index in [1.54, 1.807) is 11.3 Å². The molecule has 0 atom stereocenters. The Morgan fingerprint density at radius 1 is 1.42 bits per heavy atom. The Balaban J connectivity index is 2.17. The molecule has 2 rings (SSSR count). The minimum atomic E-state index is 0.119. The fourth-order valence-electron chi connectivity index (χ4n) is 1.95. The third-order valence-corrected chi connectivity index (χ3v) is 4.64. The van der Waals surface area contributed by atoms with Gasteiger partial charge in [-0.05, 0) is 52.7 Å². The highest BCUT2D eigenvalue weighted by molar-refractivity contribution is 9.10. The first-order chi connectivity index (χ1) is 8.97. The standard InChI is InChI=1S/C14H16BrN3S/c1-9-5-11(3-4-13(9)14(16)17)18(2)7-12-6-10(15)8-19-12/h3-6,8H,7H2,1-2H3,(H3,16,17). The van der Waals surface area contributed by atoms with Crippen molar-refractivity contribution in [3.8, 4) is 0 Å². The van der Waals surface area contributed by atoms with Crippen molar-refractivity contribution in [2.24, 2.45) is 5.73 Å². The summed E-state index contributed by atoms with van der Waals surface area (Å²) in [5.41, 5.74) is 8.50. The van der Waals surface area contributed by atoms with E-state index in [0.717, 1.165) is 27.8 Å². The molecule has 5 heteroatoms. The van der Waals surface area contributed by atoms with Gasteiger partial charge in [-0.15, -0.1) is 11.3 Å². The predicted octanol–water partition coefficient (Wildman–Crippen LogP) is 3.74. The summed E-state index contributed by atoms with van der Waals surface area (Å²) in [4.78, 5) is 3.50. The molecule has 3 nitrogen and oxygen atoms in total. The minimum Gasteiger partial charge on any atom is -0.384 e. The SMILES string of the molecule is Cc1cc(N(C)Cc2cc(Br)cs2)ccc1C(=N)N. The number of aryl methyl sites for hydroxylation is 1. The molecular formula is C14H16BrN3S.